The number of hydrogen-bond acceptors (Lipinski definition) is 2. The Morgan fingerprint density at radius 3 is 2.36 bits per heavy atom. The molecule has 0 aliphatic carbocycles. The topological polar surface area (TPSA) is 18.5 Å². The van der Waals surface area contributed by atoms with Crippen LogP contribution in [0.3, 0.4) is 0 Å². The van der Waals surface area contributed by atoms with E-state index in [1.54, 1.807) is 0 Å². The van der Waals surface area contributed by atoms with Gasteiger partial charge in [-0.2, -0.15) is 0 Å². The molecule has 0 amide bonds. The lowest BCUT2D eigenvalue weighted by Gasteiger charge is -2.23. The Balaban J connectivity index is 2.68. The standard InChI is InChI=1S/C12H24O2/c1-7-10-9(4)12(5,6)14-11(10)13-8(2)3/h8-11H,7H2,1-6H3. The molecule has 0 N–H and O–H groups in total. The van der Waals surface area contributed by atoms with Crippen molar-refractivity contribution in [2.75, 3.05) is 0 Å². The molecule has 3 unspecified atom stereocenters. The third kappa shape index (κ3) is 2.29. The molecule has 0 saturated carbocycles. The van der Waals surface area contributed by atoms with Crippen molar-refractivity contribution in [3.63, 3.8) is 0 Å². The minimum absolute atomic E-state index is 0.00926. The molecule has 2 nitrogen and oxygen atoms in total. The van der Waals surface area contributed by atoms with Gasteiger partial charge in [-0.25, -0.2) is 0 Å². The highest BCUT2D eigenvalue weighted by molar-refractivity contribution is 4.90. The lowest BCUT2D eigenvalue weighted by molar-refractivity contribution is -0.188. The molecule has 0 bridgehead atoms. The highest BCUT2D eigenvalue weighted by Gasteiger charge is 2.46. The average Bonchev–Trinajstić information content (AvgIpc) is 2.22. The largest absolute Gasteiger partial charge is 0.350 e. The molecule has 1 aliphatic heterocycles. The first-order chi connectivity index (χ1) is 6.38. The normalized spacial score (nSPS) is 36.6. The molecule has 1 aliphatic rings. The third-order valence-electron chi connectivity index (χ3n) is 3.39. The van der Waals surface area contributed by atoms with Crippen LogP contribution >= 0.6 is 0 Å². The summed E-state index contributed by atoms with van der Waals surface area (Å²) < 4.78 is 11.8. The molecule has 0 aromatic carbocycles. The number of ether oxygens (including phenoxy) is 2. The van der Waals surface area contributed by atoms with E-state index in [1.807, 2.05) is 0 Å². The van der Waals surface area contributed by atoms with Crippen molar-refractivity contribution in [1.82, 2.24) is 0 Å². The molecule has 0 aromatic rings. The van der Waals surface area contributed by atoms with Gasteiger partial charge in [0.1, 0.15) is 0 Å². The van der Waals surface area contributed by atoms with Gasteiger partial charge in [-0.3, -0.25) is 0 Å². The van der Waals surface area contributed by atoms with E-state index in [9.17, 15) is 0 Å². The van der Waals surface area contributed by atoms with Gasteiger partial charge in [0.2, 0.25) is 0 Å². The van der Waals surface area contributed by atoms with Gasteiger partial charge in [-0.15, -0.1) is 0 Å². The van der Waals surface area contributed by atoms with Crippen LogP contribution in [0.15, 0.2) is 0 Å². The summed E-state index contributed by atoms with van der Waals surface area (Å²) >= 11 is 0. The van der Waals surface area contributed by atoms with Crippen molar-refractivity contribution in [3.8, 4) is 0 Å². The second kappa shape index (κ2) is 4.19. The molecule has 0 aromatic heterocycles. The van der Waals surface area contributed by atoms with Gasteiger partial charge in [-0.05, 0) is 40.0 Å². The van der Waals surface area contributed by atoms with Crippen LogP contribution < -0.4 is 0 Å². The zero-order chi connectivity index (χ0) is 10.9. The fraction of sp³-hybridized carbons (Fsp3) is 1.00. The van der Waals surface area contributed by atoms with Crippen LogP contribution in [0.5, 0.6) is 0 Å². The van der Waals surface area contributed by atoms with Crippen LogP contribution in [0.2, 0.25) is 0 Å². The maximum Gasteiger partial charge on any atom is 0.161 e. The van der Waals surface area contributed by atoms with Crippen molar-refractivity contribution in [2.24, 2.45) is 11.8 Å². The van der Waals surface area contributed by atoms with Gasteiger partial charge in [0, 0.05) is 5.92 Å². The monoisotopic (exact) mass is 200 g/mol. The van der Waals surface area contributed by atoms with E-state index in [0.29, 0.717) is 11.8 Å². The second-order valence-corrected chi connectivity index (χ2v) is 5.14. The predicted molar refractivity (Wildman–Crippen MR) is 58.1 cm³/mol. The second-order valence-electron chi connectivity index (χ2n) is 5.14. The molecule has 0 radical (unpaired) electrons. The Kier molecular flexibility index (Phi) is 3.59. The first kappa shape index (κ1) is 12.0. The molecule has 0 spiro atoms. The van der Waals surface area contributed by atoms with E-state index in [4.69, 9.17) is 9.47 Å². The van der Waals surface area contributed by atoms with Crippen LogP contribution in [0.25, 0.3) is 0 Å². The van der Waals surface area contributed by atoms with Gasteiger partial charge in [0.15, 0.2) is 6.29 Å². The van der Waals surface area contributed by atoms with Crippen molar-refractivity contribution in [1.29, 1.82) is 0 Å². The summed E-state index contributed by atoms with van der Waals surface area (Å²) in [5.41, 5.74) is -0.0414. The maximum atomic E-state index is 5.95. The molecule has 84 valence electrons. The summed E-state index contributed by atoms with van der Waals surface area (Å²) in [5, 5.41) is 0. The average molecular weight is 200 g/mol. The van der Waals surface area contributed by atoms with Gasteiger partial charge in [-0.1, -0.05) is 13.8 Å². The number of hydrogen-bond donors (Lipinski definition) is 0. The fourth-order valence-corrected chi connectivity index (χ4v) is 2.19. The Morgan fingerprint density at radius 2 is 1.93 bits per heavy atom. The summed E-state index contributed by atoms with van der Waals surface area (Å²) in [4.78, 5) is 0. The molecule has 14 heavy (non-hydrogen) atoms. The Hall–Kier alpha value is -0.0800. The van der Waals surface area contributed by atoms with E-state index in [-0.39, 0.29) is 18.0 Å². The quantitative estimate of drug-likeness (QED) is 0.696. The van der Waals surface area contributed by atoms with Crippen molar-refractivity contribution in [2.45, 2.75) is 66.0 Å². The van der Waals surface area contributed by atoms with E-state index >= 15 is 0 Å². The van der Waals surface area contributed by atoms with E-state index in [1.165, 1.54) is 0 Å². The van der Waals surface area contributed by atoms with E-state index in [0.717, 1.165) is 6.42 Å². The Labute approximate surface area is 88.0 Å². The summed E-state index contributed by atoms with van der Waals surface area (Å²) in [6, 6.07) is 0. The molecule has 1 heterocycles. The summed E-state index contributed by atoms with van der Waals surface area (Å²) in [5.74, 6) is 1.10. The minimum atomic E-state index is -0.0414. The minimum Gasteiger partial charge on any atom is -0.350 e. The van der Waals surface area contributed by atoms with Gasteiger partial charge >= 0.3 is 0 Å². The smallest absolute Gasteiger partial charge is 0.161 e. The van der Waals surface area contributed by atoms with Crippen LogP contribution in [0, 0.1) is 11.8 Å². The summed E-state index contributed by atoms with van der Waals surface area (Å²) in [6.45, 7) is 12.9. The molecule has 1 rings (SSSR count). The lowest BCUT2D eigenvalue weighted by atomic mass is 9.83. The first-order valence-corrected chi connectivity index (χ1v) is 5.71. The van der Waals surface area contributed by atoms with Gasteiger partial charge in [0.05, 0.1) is 11.7 Å². The maximum absolute atomic E-state index is 5.95. The van der Waals surface area contributed by atoms with Crippen LogP contribution in [-0.2, 0) is 9.47 Å². The van der Waals surface area contributed by atoms with Crippen LogP contribution in [0.4, 0.5) is 0 Å². The SMILES string of the molecule is CCC1C(OC(C)C)OC(C)(C)C1C. The van der Waals surface area contributed by atoms with Crippen LogP contribution in [0.1, 0.15) is 48.0 Å². The predicted octanol–water partition coefficient (Wildman–Crippen LogP) is 3.21. The third-order valence-corrected chi connectivity index (χ3v) is 3.39. The summed E-state index contributed by atoms with van der Waals surface area (Å²) in [6.07, 6.45) is 1.36. The highest BCUT2D eigenvalue weighted by Crippen LogP contribution is 2.42. The van der Waals surface area contributed by atoms with Crippen molar-refractivity contribution >= 4 is 0 Å². The molecule has 2 heteroatoms. The van der Waals surface area contributed by atoms with E-state index in [2.05, 4.69) is 41.5 Å². The molecular weight excluding hydrogens is 176 g/mol. The van der Waals surface area contributed by atoms with Crippen molar-refractivity contribution in [3.05, 3.63) is 0 Å². The van der Waals surface area contributed by atoms with Gasteiger partial charge < -0.3 is 9.47 Å². The lowest BCUT2D eigenvalue weighted by Crippen LogP contribution is -2.27. The van der Waals surface area contributed by atoms with Crippen LogP contribution in [-0.4, -0.2) is 18.0 Å². The van der Waals surface area contributed by atoms with Gasteiger partial charge in [0.25, 0.3) is 0 Å². The molecular formula is C12H24O2. The molecule has 3 atom stereocenters. The molecule has 1 saturated heterocycles. The zero-order valence-electron chi connectivity index (χ0n) is 10.3. The first-order valence-electron chi connectivity index (χ1n) is 5.71. The Bertz CT molecular complexity index is 187. The fourth-order valence-electron chi connectivity index (χ4n) is 2.19. The summed E-state index contributed by atoms with van der Waals surface area (Å²) in [7, 11) is 0. The molecule has 1 fully saturated rings. The highest BCUT2D eigenvalue weighted by atomic mass is 16.7. The van der Waals surface area contributed by atoms with Crippen molar-refractivity contribution < 1.29 is 9.47 Å². The Morgan fingerprint density at radius 1 is 1.36 bits per heavy atom. The van der Waals surface area contributed by atoms with E-state index < -0.39 is 0 Å². The number of rotatable bonds is 3. The zero-order valence-corrected chi connectivity index (χ0v) is 10.3.